The van der Waals surface area contributed by atoms with E-state index in [9.17, 15) is 9.59 Å². The maximum Gasteiger partial charge on any atom is 0.251 e. The Hall–Kier alpha value is -3.34. The Labute approximate surface area is 152 Å². The van der Waals surface area contributed by atoms with Crippen molar-refractivity contribution in [3.63, 3.8) is 0 Å². The molecule has 1 aromatic heterocycles. The molecule has 0 aliphatic rings. The highest BCUT2D eigenvalue weighted by atomic mass is 16.2. The maximum absolute atomic E-state index is 12.0. The minimum absolute atomic E-state index is 0.0623. The van der Waals surface area contributed by atoms with Gasteiger partial charge in [0.15, 0.2) is 0 Å². The molecule has 0 atom stereocenters. The van der Waals surface area contributed by atoms with Crippen LogP contribution in [-0.4, -0.2) is 29.5 Å². The number of benzene rings is 2. The van der Waals surface area contributed by atoms with Gasteiger partial charge >= 0.3 is 0 Å². The molecule has 26 heavy (non-hydrogen) atoms. The Morgan fingerprint density at radius 1 is 0.769 bits per heavy atom. The summed E-state index contributed by atoms with van der Waals surface area (Å²) in [6.07, 6.45) is 4.27. The summed E-state index contributed by atoms with van der Waals surface area (Å²) in [7, 11) is 0. The molecule has 0 unspecified atom stereocenters. The van der Waals surface area contributed by atoms with Gasteiger partial charge < -0.3 is 15.2 Å². The molecule has 5 nitrogen and oxygen atoms in total. The van der Waals surface area contributed by atoms with Gasteiger partial charge in [0.25, 0.3) is 5.91 Å². The molecular formula is C21H21N3O2. The van der Waals surface area contributed by atoms with E-state index in [1.807, 2.05) is 71.6 Å². The molecular weight excluding hydrogens is 326 g/mol. The van der Waals surface area contributed by atoms with E-state index in [0.29, 0.717) is 25.1 Å². The molecule has 0 spiro atoms. The van der Waals surface area contributed by atoms with Crippen LogP contribution < -0.4 is 10.6 Å². The van der Waals surface area contributed by atoms with Gasteiger partial charge in [0.2, 0.25) is 5.91 Å². The van der Waals surface area contributed by atoms with Crippen LogP contribution in [0, 0.1) is 0 Å². The SMILES string of the molecule is O=C(Cc1ccc(-n2cccc2)cc1)NCCNC(=O)c1ccccc1. The quantitative estimate of drug-likeness (QED) is 0.645. The van der Waals surface area contributed by atoms with Crippen LogP contribution in [0.15, 0.2) is 79.1 Å². The Balaban J connectivity index is 1.39. The van der Waals surface area contributed by atoms with Gasteiger partial charge in [0.05, 0.1) is 6.42 Å². The zero-order chi connectivity index (χ0) is 18.2. The van der Waals surface area contributed by atoms with E-state index in [2.05, 4.69) is 10.6 Å². The monoisotopic (exact) mass is 347 g/mol. The third-order valence-corrected chi connectivity index (χ3v) is 3.97. The van der Waals surface area contributed by atoms with Crippen molar-refractivity contribution in [2.75, 3.05) is 13.1 Å². The van der Waals surface area contributed by atoms with Gasteiger partial charge in [0.1, 0.15) is 0 Å². The summed E-state index contributed by atoms with van der Waals surface area (Å²) in [4.78, 5) is 23.9. The Morgan fingerprint density at radius 3 is 2.12 bits per heavy atom. The summed E-state index contributed by atoms with van der Waals surface area (Å²) < 4.78 is 2.01. The van der Waals surface area contributed by atoms with Gasteiger partial charge in [-0.05, 0) is 42.0 Å². The van der Waals surface area contributed by atoms with Crippen molar-refractivity contribution >= 4 is 11.8 Å². The van der Waals surface area contributed by atoms with Crippen LogP contribution >= 0.6 is 0 Å². The zero-order valence-electron chi connectivity index (χ0n) is 14.4. The predicted octanol–water partition coefficient (Wildman–Crippen LogP) is 2.57. The highest BCUT2D eigenvalue weighted by molar-refractivity contribution is 5.94. The zero-order valence-corrected chi connectivity index (χ0v) is 14.4. The Morgan fingerprint density at radius 2 is 1.42 bits per heavy atom. The average molecular weight is 347 g/mol. The van der Waals surface area contributed by atoms with Crippen molar-refractivity contribution in [2.45, 2.75) is 6.42 Å². The molecule has 0 saturated heterocycles. The third kappa shape index (κ3) is 4.83. The van der Waals surface area contributed by atoms with E-state index >= 15 is 0 Å². The Bertz CT molecular complexity index is 841. The molecule has 1 heterocycles. The second-order valence-corrected chi connectivity index (χ2v) is 5.91. The van der Waals surface area contributed by atoms with E-state index in [4.69, 9.17) is 0 Å². The van der Waals surface area contributed by atoms with Crippen molar-refractivity contribution < 1.29 is 9.59 Å². The lowest BCUT2D eigenvalue weighted by Gasteiger charge is -2.08. The van der Waals surface area contributed by atoms with Gasteiger partial charge in [-0.2, -0.15) is 0 Å². The summed E-state index contributed by atoms with van der Waals surface area (Å²) >= 11 is 0. The molecule has 0 aliphatic heterocycles. The van der Waals surface area contributed by atoms with Gasteiger partial charge in [-0.15, -0.1) is 0 Å². The van der Waals surface area contributed by atoms with Crippen LogP contribution in [0.1, 0.15) is 15.9 Å². The highest BCUT2D eigenvalue weighted by Gasteiger charge is 2.05. The van der Waals surface area contributed by atoms with Gasteiger partial charge in [0, 0.05) is 36.7 Å². The standard InChI is InChI=1S/C21H21N3O2/c25-20(22-12-13-23-21(26)18-6-2-1-3-7-18)16-17-8-10-19(11-9-17)24-14-4-5-15-24/h1-11,14-15H,12-13,16H2,(H,22,25)(H,23,26). The average Bonchev–Trinajstić information content (AvgIpc) is 3.21. The minimum Gasteiger partial charge on any atom is -0.354 e. The van der Waals surface area contributed by atoms with Gasteiger partial charge in [-0.1, -0.05) is 30.3 Å². The maximum atomic E-state index is 12.0. The van der Waals surface area contributed by atoms with Crippen LogP contribution in [0.5, 0.6) is 0 Å². The van der Waals surface area contributed by atoms with Crippen molar-refractivity contribution in [3.8, 4) is 5.69 Å². The van der Waals surface area contributed by atoms with Gasteiger partial charge in [-0.3, -0.25) is 9.59 Å². The van der Waals surface area contributed by atoms with E-state index in [1.165, 1.54) is 0 Å². The van der Waals surface area contributed by atoms with E-state index in [-0.39, 0.29) is 11.8 Å². The second kappa shape index (κ2) is 8.67. The molecule has 0 aliphatic carbocycles. The second-order valence-electron chi connectivity index (χ2n) is 5.91. The fourth-order valence-corrected chi connectivity index (χ4v) is 2.61. The van der Waals surface area contributed by atoms with Crippen molar-refractivity contribution in [3.05, 3.63) is 90.3 Å². The molecule has 0 bridgehead atoms. The van der Waals surface area contributed by atoms with E-state index in [0.717, 1.165) is 11.3 Å². The van der Waals surface area contributed by atoms with Crippen LogP contribution in [0.3, 0.4) is 0 Å². The van der Waals surface area contributed by atoms with Crippen LogP contribution in [0.25, 0.3) is 5.69 Å². The number of hydrogen-bond acceptors (Lipinski definition) is 2. The number of nitrogens with zero attached hydrogens (tertiary/aromatic N) is 1. The molecule has 0 saturated carbocycles. The fourth-order valence-electron chi connectivity index (χ4n) is 2.61. The normalized spacial score (nSPS) is 10.3. The summed E-state index contributed by atoms with van der Waals surface area (Å²) in [6, 6.07) is 20.8. The van der Waals surface area contributed by atoms with E-state index in [1.54, 1.807) is 12.1 Å². The van der Waals surface area contributed by atoms with E-state index < -0.39 is 0 Å². The lowest BCUT2D eigenvalue weighted by molar-refractivity contribution is -0.120. The lowest BCUT2D eigenvalue weighted by atomic mass is 10.1. The first-order chi connectivity index (χ1) is 12.7. The predicted molar refractivity (Wildman–Crippen MR) is 101 cm³/mol. The molecule has 5 heteroatoms. The van der Waals surface area contributed by atoms with Gasteiger partial charge in [-0.25, -0.2) is 0 Å². The lowest BCUT2D eigenvalue weighted by Crippen LogP contribution is -2.35. The minimum atomic E-state index is -0.138. The molecule has 2 amide bonds. The summed E-state index contributed by atoms with van der Waals surface area (Å²) in [5, 5.41) is 5.61. The molecule has 3 aromatic rings. The number of carbonyl (C=O) groups is 2. The van der Waals surface area contributed by atoms with Crippen LogP contribution in [0.4, 0.5) is 0 Å². The summed E-state index contributed by atoms with van der Waals surface area (Å²) in [6.45, 7) is 0.797. The van der Waals surface area contributed by atoms with Crippen LogP contribution in [0.2, 0.25) is 0 Å². The molecule has 0 fully saturated rings. The largest absolute Gasteiger partial charge is 0.354 e. The smallest absolute Gasteiger partial charge is 0.251 e. The highest BCUT2D eigenvalue weighted by Crippen LogP contribution is 2.10. The number of aromatic nitrogens is 1. The number of amides is 2. The number of rotatable bonds is 7. The third-order valence-electron chi connectivity index (χ3n) is 3.97. The topological polar surface area (TPSA) is 63.1 Å². The van der Waals surface area contributed by atoms with Crippen molar-refractivity contribution in [1.82, 2.24) is 15.2 Å². The molecule has 2 N–H and O–H groups in total. The fraction of sp³-hybridized carbons (Fsp3) is 0.143. The van der Waals surface area contributed by atoms with Crippen molar-refractivity contribution in [1.29, 1.82) is 0 Å². The first-order valence-electron chi connectivity index (χ1n) is 8.54. The first kappa shape index (κ1) is 17.5. The van der Waals surface area contributed by atoms with Crippen LogP contribution in [-0.2, 0) is 11.2 Å². The molecule has 0 radical (unpaired) electrons. The first-order valence-corrected chi connectivity index (χ1v) is 8.54. The van der Waals surface area contributed by atoms with Crippen molar-refractivity contribution in [2.24, 2.45) is 0 Å². The molecule has 2 aromatic carbocycles. The molecule has 132 valence electrons. The summed E-state index contributed by atoms with van der Waals surface area (Å²) in [5.41, 5.74) is 2.62. The number of hydrogen-bond donors (Lipinski definition) is 2. The number of carbonyl (C=O) groups excluding carboxylic acids is 2. The molecule has 3 rings (SSSR count). The number of nitrogens with one attached hydrogen (secondary N) is 2. The Kier molecular flexibility index (Phi) is 5.83. The summed E-state index contributed by atoms with van der Waals surface area (Å²) in [5.74, 6) is -0.201.